The lowest BCUT2D eigenvalue weighted by Crippen LogP contribution is -2.42. The summed E-state index contributed by atoms with van der Waals surface area (Å²) in [4.78, 5) is 0. The fourth-order valence-electron chi connectivity index (χ4n) is 2.03. The molecule has 3 nitrogen and oxygen atoms in total. The highest BCUT2D eigenvalue weighted by Gasteiger charge is 2.38. The zero-order chi connectivity index (χ0) is 10.0. The maximum atomic E-state index is 5.51. The van der Waals surface area contributed by atoms with E-state index in [4.69, 9.17) is 4.74 Å². The zero-order valence-electron chi connectivity index (χ0n) is 9.31. The summed E-state index contributed by atoms with van der Waals surface area (Å²) in [6, 6.07) is 0.565. The highest BCUT2D eigenvalue weighted by atomic mass is 16.5. The van der Waals surface area contributed by atoms with Crippen LogP contribution in [-0.2, 0) is 4.74 Å². The second-order valence-corrected chi connectivity index (χ2v) is 4.90. The Morgan fingerprint density at radius 2 is 2.14 bits per heavy atom. The molecule has 2 rings (SSSR count). The van der Waals surface area contributed by atoms with E-state index in [9.17, 15) is 0 Å². The van der Waals surface area contributed by atoms with Gasteiger partial charge in [-0.05, 0) is 26.3 Å². The molecular weight excluding hydrogens is 176 g/mol. The molecule has 2 N–H and O–H groups in total. The summed E-state index contributed by atoms with van der Waals surface area (Å²) in [5, 5.41) is 7.13. The van der Waals surface area contributed by atoms with Crippen LogP contribution in [0.25, 0.3) is 0 Å². The molecule has 0 spiro atoms. The number of hydrogen-bond donors (Lipinski definition) is 2. The van der Waals surface area contributed by atoms with Crippen molar-refractivity contribution in [2.75, 3.05) is 26.3 Å². The van der Waals surface area contributed by atoms with Crippen LogP contribution in [0.1, 0.15) is 26.7 Å². The summed E-state index contributed by atoms with van der Waals surface area (Å²) in [6.45, 7) is 8.42. The van der Waals surface area contributed by atoms with Gasteiger partial charge in [-0.15, -0.1) is 0 Å². The molecule has 2 unspecified atom stereocenters. The second-order valence-electron chi connectivity index (χ2n) is 4.90. The van der Waals surface area contributed by atoms with Gasteiger partial charge in [0.05, 0.1) is 13.2 Å². The van der Waals surface area contributed by atoms with Gasteiger partial charge in [0.25, 0.3) is 0 Å². The van der Waals surface area contributed by atoms with Gasteiger partial charge in [-0.3, -0.25) is 0 Å². The van der Waals surface area contributed by atoms with Crippen LogP contribution in [0.15, 0.2) is 0 Å². The number of ether oxygens (including phenoxy) is 1. The Balaban J connectivity index is 1.72. The monoisotopic (exact) mass is 198 g/mol. The smallest absolute Gasteiger partial charge is 0.0623 e. The third-order valence-corrected chi connectivity index (χ3v) is 3.46. The lowest BCUT2D eigenvalue weighted by atomic mass is 10.0. The Hall–Kier alpha value is -0.120. The number of nitrogens with one attached hydrogen (secondary N) is 2. The minimum absolute atomic E-state index is 0.458. The van der Waals surface area contributed by atoms with E-state index in [1.165, 1.54) is 12.8 Å². The average Bonchev–Trinajstić information content (AvgIpc) is 2.75. The third kappa shape index (κ3) is 2.47. The minimum Gasteiger partial charge on any atom is -0.379 e. The largest absolute Gasteiger partial charge is 0.379 e. The Morgan fingerprint density at radius 3 is 2.79 bits per heavy atom. The van der Waals surface area contributed by atoms with Crippen LogP contribution in [0, 0.1) is 5.92 Å². The van der Waals surface area contributed by atoms with Crippen molar-refractivity contribution in [1.82, 2.24) is 10.6 Å². The van der Waals surface area contributed by atoms with Crippen molar-refractivity contribution < 1.29 is 4.74 Å². The summed E-state index contributed by atoms with van der Waals surface area (Å²) in [5.74, 6) is 0.660. The van der Waals surface area contributed by atoms with Crippen LogP contribution in [0.2, 0.25) is 0 Å². The van der Waals surface area contributed by atoms with Crippen molar-refractivity contribution in [3.63, 3.8) is 0 Å². The fourth-order valence-corrected chi connectivity index (χ4v) is 2.03. The SMILES string of the molecule is CCNC1COCC1CNC1(C)CC1. The topological polar surface area (TPSA) is 33.3 Å². The fraction of sp³-hybridized carbons (Fsp3) is 1.00. The molecule has 1 saturated carbocycles. The molecule has 2 aliphatic rings. The first kappa shape index (κ1) is 10.4. The standard InChI is InChI=1S/C11H22N2O/c1-3-12-10-8-14-7-9(10)6-13-11(2)4-5-11/h9-10,12-13H,3-8H2,1-2H3. The second kappa shape index (κ2) is 4.17. The Labute approximate surface area is 86.6 Å². The Bertz CT molecular complexity index is 192. The molecule has 3 heteroatoms. The first-order valence-corrected chi connectivity index (χ1v) is 5.80. The zero-order valence-corrected chi connectivity index (χ0v) is 9.31. The first-order chi connectivity index (χ1) is 6.73. The molecule has 2 fully saturated rings. The number of hydrogen-bond acceptors (Lipinski definition) is 3. The summed E-state index contributed by atoms with van der Waals surface area (Å²) in [6.07, 6.45) is 2.68. The van der Waals surface area contributed by atoms with Gasteiger partial charge in [0.15, 0.2) is 0 Å². The van der Waals surface area contributed by atoms with Crippen molar-refractivity contribution in [2.24, 2.45) is 5.92 Å². The van der Waals surface area contributed by atoms with Gasteiger partial charge in [-0.25, -0.2) is 0 Å². The van der Waals surface area contributed by atoms with E-state index in [2.05, 4.69) is 24.5 Å². The van der Waals surface area contributed by atoms with Gasteiger partial charge in [-0.1, -0.05) is 6.92 Å². The summed E-state index contributed by atoms with van der Waals surface area (Å²) in [7, 11) is 0. The molecule has 1 heterocycles. The minimum atomic E-state index is 0.458. The molecule has 14 heavy (non-hydrogen) atoms. The molecule has 0 bridgehead atoms. The quantitative estimate of drug-likeness (QED) is 0.684. The molecule has 0 amide bonds. The van der Waals surface area contributed by atoms with E-state index in [-0.39, 0.29) is 0 Å². The summed E-state index contributed by atoms with van der Waals surface area (Å²) >= 11 is 0. The van der Waals surface area contributed by atoms with Crippen LogP contribution in [-0.4, -0.2) is 37.9 Å². The molecule has 0 aromatic rings. The van der Waals surface area contributed by atoms with Crippen molar-refractivity contribution in [3.05, 3.63) is 0 Å². The van der Waals surface area contributed by atoms with E-state index < -0.39 is 0 Å². The lowest BCUT2D eigenvalue weighted by Gasteiger charge is -2.21. The summed E-state index contributed by atoms with van der Waals surface area (Å²) in [5.41, 5.74) is 0.458. The molecule has 1 saturated heterocycles. The van der Waals surface area contributed by atoms with Gasteiger partial charge in [0.1, 0.15) is 0 Å². The molecular formula is C11H22N2O. The van der Waals surface area contributed by atoms with Crippen molar-refractivity contribution in [2.45, 2.75) is 38.3 Å². The normalized spacial score (nSPS) is 34.7. The predicted octanol–water partition coefficient (Wildman–Crippen LogP) is 0.753. The molecule has 0 aromatic carbocycles. The Morgan fingerprint density at radius 1 is 1.36 bits per heavy atom. The van der Waals surface area contributed by atoms with Gasteiger partial charge in [0, 0.05) is 24.0 Å². The molecule has 0 radical (unpaired) electrons. The Kier molecular flexibility index (Phi) is 3.10. The maximum absolute atomic E-state index is 5.51. The van der Waals surface area contributed by atoms with E-state index in [1.54, 1.807) is 0 Å². The molecule has 1 aliphatic heterocycles. The van der Waals surface area contributed by atoms with Crippen LogP contribution < -0.4 is 10.6 Å². The van der Waals surface area contributed by atoms with Crippen LogP contribution >= 0.6 is 0 Å². The molecule has 1 aliphatic carbocycles. The highest BCUT2D eigenvalue weighted by molar-refractivity contribution is 4.98. The van der Waals surface area contributed by atoms with Crippen LogP contribution in [0.4, 0.5) is 0 Å². The number of rotatable bonds is 5. The van der Waals surface area contributed by atoms with E-state index in [0.717, 1.165) is 26.3 Å². The van der Waals surface area contributed by atoms with Gasteiger partial charge in [0.2, 0.25) is 0 Å². The highest BCUT2D eigenvalue weighted by Crippen LogP contribution is 2.34. The summed E-state index contributed by atoms with van der Waals surface area (Å²) < 4.78 is 5.51. The molecule has 2 atom stereocenters. The van der Waals surface area contributed by atoms with Crippen LogP contribution in [0.3, 0.4) is 0 Å². The average molecular weight is 198 g/mol. The van der Waals surface area contributed by atoms with E-state index >= 15 is 0 Å². The van der Waals surface area contributed by atoms with Crippen LogP contribution in [0.5, 0.6) is 0 Å². The molecule has 82 valence electrons. The lowest BCUT2D eigenvalue weighted by molar-refractivity contribution is 0.181. The third-order valence-electron chi connectivity index (χ3n) is 3.46. The van der Waals surface area contributed by atoms with Gasteiger partial charge in [-0.2, -0.15) is 0 Å². The van der Waals surface area contributed by atoms with Crippen molar-refractivity contribution >= 4 is 0 Å². The first-order valence-electron chi connectivity index (χ1n) is 5.80. The van der Waals surface area contributed by atoms with E-state index in [1.807, 2.05) is 0 Å². The predicted molar refractivity (Wildman–Crippen MR) is 57.4 cm³/mol. The van der Waals surface area contributed by atoms with E-state index in [0.29, 0.717) is 17.5 Å². The maximum Gasteiger partial charge on any atom is 0.0623 e. The van der Waals surface area contributed by atoms with Gasteiger partial charge < -0.3 is 15.4 Å². The van der Waals surface area contributed by atoms with Crippen molar-refractivity contribution in [3.8, 4) is 0 Å². The van der Waals surface area contributed by atoms with Crippen molar-refractivity contribution in [1.29, 1.82) is 0 Å². The number of likely N-dealkylation sites (N-methyl/N-ethyl adjacent to an activating group) is 1. The van der Waals surface area contributed by atoms with Gasteiger partial charge >= 0.3 is 0 Å². The molecule has 0 aromatic heterocycles.